The molecule has 0 radical (unpaired) electrons. The molecule has 2 N–H and O–H groups in total. The van der Waals surface area contributed by atoms with Crippen molar-refractivity contribution in [2.75, 3.05) is 25.1 Å². The van der Waals surface area contributed by atoms with Crippen LogP contribution in [0.1, 0.15) is 69.7 Å². The van der Waals surface area contributed by atoms with E-state index in [4.69, 9.17) is 47.9 Å². The van der Waals surface area contributed by atoms with Crippen molar-refractivity contribution in [2.45, 2.75) is 65.7 Å². The van der Waals surface area contributed by atoms with Crippen molar-refractivity contribution in [1.29, 1.82) is 0 Å². The normalized spacial score (nSPS) is 11.5. The summed E-state index contributed by atoms with van der Waals surface area (Å²) in [6, 6.07) is 41.6. The molecule has 2 heterocycles. The van der Waals surface area contributed by atoms with Gasteiger partial charge in [-0.2, -0.15) is 0 Å². The Morgan fingerprint density at radius 2 is 0.932 bits per heavy atom. The third kappa shape index (κ3) is 16.3. The molecule has 0 aliphatic rings. The van der Waals surface area contributed by atoms with Crippen molar-refractivity contribution in [1.82, 2.24) is 9.97 Å². The number of carbonyl (C=O) groups is 4. The van der Waals surface area contributed by atoms with Crippen LogP contribution in [0.3, 0.4) is 0 Å². The van der Waals surface area contributed by atoms with Crippen molar-refractivity contribution in [3.8, 4) is 23.0 Å². The zero-order valence-corrected chi connectivity index (χ0v) is 43.1. The number of esters is 2. The van der Waals surface area contributed by atoms with E-state index in [0.717, 1.165) is 66.1 Å². The summed E-state index contributed by atoms with van der Waals surface area (Å²) in [4.78, 5) is 58.7. The number of benzene rings is 6. The maximum Gasteiger partial charge on any atom is 0.349 e. The van der Waals surface area contributed by atoms with E-state index in [9.17, 15) is 19.2 Å². The van der Waals surface area contributed by atoms with Crippen LogP contribution in [-0.4, -0.2) is 58.6 Å². The van der Waals surface area contributed by atoms with Crippen LogP contribution < -0.4 is 24.7 Å². The number of rotatable bonds is 18. The fraction of sp³-hybridized carbons (Fsp3) is 0.233. The number of aryl methyl sites for hydroxylation is 4. The first-order chi connectivity index (χ1) is 35.3. The molecule has 2 atom stereocenters. The van der Waals surface area contributed by atoms with Gasteiger partial charge in [-0.15, -0.1) is 23.2 Å². The molecule has 8 aromatic rings. The Morgan fingerprint density at radius 1 is 0.521 bits per heavy atom. The second kappa shape index (κ2) is 27.4. The van der Waals surface area contributed by atoms with Gasteiger partial charge < -0.3 is 24.7 Å². The summed E-state index contributed by atoms with van der Waals surface area (Å²) in [5.74, 6) is 0.765. The van der Waals surface area contributed by atoms with E-state index < -0.39 is 17.9 Å². The van der Waals surface area contributed by atoms with Crippen molar-refractivity contribution >= 4 is 68.3 Å². The van der Waals surface area contributed by atoms with Crippen LogP contribution in [0, 0.1) is 27.7 Å². The Kier molecular flexibility index (Phi) is 20.6. The van der Waals surface area contributed by atoms with Crippen LogP contribution in [0.25, 0.3) is 21.5 Å². The van der Waals surface area contributed by atoms with Crippen molar-refractivity contribution in [3.05, 3.63) is 203 Å². The molecule has 6 aromatic carbocycles. The molecule has 0 aliphatic heterocycles. The predicted molar refractivity (Wildman–Crippen MR) is 289 cm³/mol. The van der Waals surface area contributed by atoms with Crippen LogP contribution >= 0.6 is 23.2 Å². The van der Waals surface area contributed by atoms with Crippen LogP contribution in [0.4, 0.5) is 0 Å². The van der Waals surface area contributed by atoms with Gasteiger partial charge in [-0.3, -0.25) is 19.6 Å². The van der Waals surface area contributed by atoms with E-state index >= 15 is 0 Å². The minimum Gasteiger partial charge on any atom is -0.482 e. The first-order valence-corrected chi connectivity index (χ1v) is 24.9. The molecular formula is C60H59Cl2N3O8. The van der Waals surface area contributed by atoms with Crippen LogP contribution in [-0.2, 0) is 32.0 Å². The minimum absolute atomic E-state index is 0.0478. The number of Topliss-reactive ketones (excluding diaryl/α,β-unsaturated/α-hetero) is 2. The van der Waals surface area contributed by atoms with E-state index in [2.05, 4.69) is 16.0 Å². The topological polar surface area (TPSA) is 157 Å². The molecule has 0 saturated carbocycles. The number of aromatic nitrogens is 2. The third-order valence-corrected chi connectivity index (χ3v) is 12.0. The molecular weight excluding hydrogens is 962 g/mol. The first-order valence-electron chi connectivity index (χ1n) is 23.8. The largest absolute Gasteiger partial charge is 0.482 e. The standard InChI is InChI=1S/C30H29NO4.C29H28N2O4.CH2Cl2/c1-4-27(28(32)17-22-6-7-25-18-31-14-13-24(25)16-22)23-8-10-26(11-9-23)34-19-30(33)35-29-12-5-20(2)15-21(29)3;1-19-3-10-28(20(2)13-19)35-29(33)18-34-25-8-6-22(7-9-25)26(16-30)27(32)15-21-4-5-24-17-31-12-11-23(24)14-21;2-1-3/h5-16,18,27H,4,17,19H2,1-3H3;3-14,17,26H,15-16,18,30H2,1-2H3;1H2. The van der Waals surface area contributed by atoms with Gasteiger partial charge in [0.1, 0.15) is 34.6 Å². The Balaban J connectivity index is 0.000000226. The summed E-state index contributed by atoms with van der Waals surface area (Å²) in [7, 11) is 0. The van der Waals surface area contributed by atoms with E-state index in [1.165, 1.54) is 0 Å². The number of nitrogens with zero attached hydrogens (tertiary/aromatic N) is 2. The van der Waals surface area contributed by atoms with E-state index in [-0.39, 0.29) is 42.6 Å². The lowest BCUT2D eigenvalue weighted by Gasteiger charge is -2.15. The van der Waals surface area contributed by atoms with Gasteiger partial charge in [0.05, 0.1) is 11.3 Å². The minimum atomic E-state index is -0.484. The van der Waals surface area contributed by atoms with Gasteiger partial charge in [-0.1, -0.05) is 103 Å². The van der Waals surface area contributed by atoms with Crippen molar-refractivity contribution in [3.63, 3.8) is 0 Å². The highest BCUT2D eigenvalue weighted by Crippen LogP contribution is 2.27. The Labute approximate surface area is 436 Å². The predicted octanol–water partition coefficient (Wildman–Crippen LogP) is 12.3. The van der Waals surface area contributed by atoms with Gasteiger partial charge in [-0.05, 0) is 127 Å². The first kappa shape index (κ1) is 54.9. The highest BCUT2D eigenvalue weighted by molar-refractivity contribution is 6.40. The summed E-state index contributed by atoms with van der Waals surface area (Å²) in [5, 5.41) is 4.42. The summed E-state index contributed by atoms with van der Waals surface area (Å²) in [6.07, 6.45) is 8.50. The number of fused-ring (bicyclic) bond motifs is 2. The lowest BCUT2D eigenvalue weighted by molar-refractivity contribution is -0.137. The van der Waals surface area contributed by atoms with Crippen LogP contribution in [0.15, 0.2) is 158 Å². The lowest BCUT2D eigenvalue weighted by atomic mass is 9.88. The summed E-state index contributed by atoms with van der Waals surface area (Å²) < 4.78 is 22.0. The Hall–Kier alpha value is -7.44. The number of alkyl halides is 2. The molecule has 11 nitrogen and oxygen atoms in total. The van der Waals surface area contributed by atoms with E-state index in [1.807, 2.05) is 132 Å². The summed E-state index contributed by atoms with van der Waals surface area (Å²) >= 11 is 9.53. The van der Waals surface area contributed by atoms with Gasteiger partial charge in [-0.25, -0.2) is 9.59 Å². The molecule has 0 saturated heterocycles. The lowest BCUT2D eigenvalue weighted by Crippen LogP contribution is -2.23. The molecule has 0 fully saturated rings. The molecule has 0 spiro atoms. The van der Waals surface area contributed by atoms with Gasteiger partial charge in [0.25, 0.3) is 0 Å². The number of carbonyl (C=O) groups excluding carboxylic acids is 4. The average molecular weight is 1020 g/mol. The zero-order valence-electron chi connectivity index (χ0n) is 41.6. The van der Waals surface area contributed by atoms with Crippen LogP contribution in [0.2, 0.25) is 0 Å². The molecule has 2 unspecified atom stereocenters. The number of nitrogens with two attached hydrogens (primary N) is 1. The van der Waals surface area contributed by atoms with E-state index in [0.29, 0.717) is 42.3 Å². The van der Waals surface area contributed by atoms with Crippen molar-refractivity contribution < 1.29 is 38.1 Å². The molecule has 0 amide bonds. The molecule has 8 rings (SSSR count). The van der Waals surface area contributed by atoms with Gasteiger partial charge in [0.15, 0.2) is 13.2 Å². The fourth-order valence-corrected chi connectivity index (χ4v) is 8.25. The second-order valence-electron chi connectivity index (χ2n) is 17.5. The fourth-order valence-electron chi connectivity index (χ4n) is 8.25. The maximum atomic E-state index is 13.1. The molecule has 0 bridgehead atoms. The SMILES string of the molecule is CCC(C(=O)Cc1ccc2cnccc2c1)c1ccc(OCC(=O)Oc2ccc(C)cc2C)cc1.Cc1ccc(OC(=O)COc2ccc(C(CN)C(=O)Cc3ccc4cnccc4c3)cc2)c(C)c1.ClCCl. The van der Waals surface area contributed by atoms with Gasteiger partial charge in [0.2, 0.25) is 0 Å². The Bertz CT molecular complexity index is 2940. The number of hydrogen-bond donors (Lipinski definition) is 1. The monoisotopic (exact) mass is 1020 g/mol. The zero-order chi connectivity index (χ0) is 52.3. The van der Waals surface area contributed by atoms with Crippen molar-refractivity contribution in [2.24, 2.45) is 5.73 Å². The maximum absolute atomic E-state index is 13.1. The number of ketones is 2. The molecule has 376 valence electrons. The number of hydrogen-bond acceptors (Lipinski definition) is 11. The van der Waals surface area contributed by atoms with Gasteiger partial charge in [0, 0.05) is 60.9 Å². The molecule has 0 aliphatic carbocycles. The highest BCUT2D eigenvalue weighted by atomic mass is 35.5. The van der Waals surface area contributed by atoms with Gasteiger partial charge >= 0.3 is 11.9 Å². The number of halogens is 2. The third-order valence-electron chi connectivity index (χ3n) is 12.0. The smallest absolute Gasteiger partial charge is 0.349 e. The molecule has 73 heavy (non-hydrogen) atoms. The molecule has 13 heteroatoms. The summed E-state index contributed by atoms with van der Waals surface area (Å²) in [6.45, 7) is 9.57. The summed E-state index contributed by atoms with van der Waals surface area (Å²) in [5.41, 5.74) is 13.6. The second-order valence-corrected chi connectivity index (χ2v) is 18.3. The number of pyridine rings is 2. The molecule has 2 aromatic heterocycles. The number of ether oxygens (including phenoxy) is 4. The quantitative estimate of drug-likeness (QED) is 0.0495. The Morgan fingerprint density at radius 3 is 1.33 bits per heavy atom. The van der Waals surface area contributed by atoms with E-state index in [1.54, 1.807) is 55.0 Å². The van der Waals surface area contributed by atoms with Crippen LogP contribution in [0.5, 0.6) is 23.0 Å². The highest BCUT2D eigenvalue weighted by Gasteiger charge is 2.21. The average Bonchev–Trinajstić information content (AvgIpc) is 3.38.